The van der Waals surface area contributed by atoms with Gasteiger partial charge in [0.15, 0.2) is 0 Å². The van der Waals surface area contributed by atoms with Gasteiger partial charge in [-0.1, -0.05) is 24.3 Å². The molecular weight excluding hydrogens is 509 g/mol. The number of nitrogens with one attached hydrogen (secondary N) is 2. The Morgan fingerprint density at radius 3 is 2.64 bits per heavy atom. The molecule has 12 heteroatoms. The number of rotatable bonds is 16. The second-order valence-electron chi connectivity index (χ2n) is 8.43. The van der Waals surface area contributed by atoms with Gasteiger partial charge in [-0.3, -0.25) is 9.00 Å². The van der Waals surface area contributed by atoms with E-state index in [1.807, 2.05) is 0 Å². The fraction of sp³-hybridized carbons (Fsp3) is 0.542. The SMILES string of the molecule is C=C(F)/C(=C\C=C\OCCCC1CCN(c2ncc(Cl)cn2)CC1)CC(=O)NCCCCNS(=O)[O-]. The van der Waals surface area contributed by atoms with Gasteiger partial charge in [0, 0.05) is 37.4 Å². The lowest BCUT2D eigenvalue weighted by Crippen LogP contribution is -2.34. The first-order chi connectivity index (χ1) is 17.3. The van der Waals surface area contributed by atoms with E-state index < -0.39 is 17.1 Å². The highest BCUT2D eigenvalue weighted by atomic mass is 35.5. The van der Waals surface area contributed by atoms with Gasteiger partial charge in [0.2, 0.25) is 11.9 Å². The summed E-state index contributed by atoms with van der Waals surface area (Å²) in [7, 11) is 0. The number of anilines is 1. The Bertz CT molecular complexity index is 908. The second-order valence-corrected chi connectivity index (χ2v) is 9.63. The van der Waals surface area contributed by atoms with Crippen molar-refractivity contribution in [1.82, 2.24) is 20.0 Å². The van der Waals surface area contributed by atoms with Crippen LogP contribution >= 0.6 is 11.6 Å². The standard InChI is InChI=1S/C24H35ClFN5O4S/c1-19(26)21(16-23(32)27-10-2-3-11-30-36(33)34)7-5-15-35-14-4-6-20-8-12-31(13-9-20)24-28-17-22(25)18-29-24/h5,7,15,17-18,20,30H,1-4,6,8-14,16H2,(H,27,32)(H,33,34)/p-1/b15-5+,21-7-. The van der Waals surface area contributed by atoms with E-state index in [0.29, 0.717) is 43.5 Å². The van der Waals surface area contributed by atoms with Gasteiger partial charge >= 0.3 is 0 Å². The minimum absolute atomic E-state index is 0.137. The first-order valence-electron chi connectivity index (χ1n) is 12.0. The van der Waals surface area contributed by atoms with Crippen LogP contribution in [0.15, 0.2) is 48.8 Å². The van der Waals surface area contributed by atoms with Crippen LogP contribution in [0.5, 0.6) is 0 Å². The number of ether oxygens (including phenoxy) is 1. The summed E-state index contributed by atoms with van der Waals surface area (Å²) >= 11 is 3.57. The van der Waals surface area contributed by atoms with Crippen molar-refractivity contribution in [3.05, 3.63) is 53.8 Å². The Labute approximate surface area is 219 Å². The molecule has 0 radical (unpaired) electrons. The number of halogens is 2. The molecule has 1 fully saturated rings. The van der Waals surface area contributed by atoms with E-state index >= 15 is 0 Å². The summed E-state index contributed by atoms with van der Waals surface area (Å²) in [5.41, 5.74) is 0.173. The third kappa shape index (κ3) is 12.6. The molecule has 1 aromatic rings. The van der Waals surface area contributed by atoms with Crippen LogP contribution in [0.2, 0.25) is 5.02 Å². The Hall–Kier alpha value is -2.34. The number of hydrogen-bond acceptors (Lipinski definition) is 7. The van der Waals surface area contributed by atoms with E-state index in [9.17, 15) is 17.9 Å². The quantitative estimate of drug-likeness (QED) is 0.141. The molecule has 0 saturated carbocycles. The Morgan fingerprint density at radius 1 is 1.28 bits per heavy atom. The highest BCUT2D eigenvalue weighted by molar-refractivity contribution is 7.77. The topological polar surface area (TPSA) is 120 Å². The molecule has 1 saturated heterocycles. The zero-order chi connectivity index (χ0) is 26.2. The zero-order valence-electron chi connectivity index (χ0n) is 20.3. The summed E-state index contributed by atoms with van der Waals surface area (Å²) in [6.07, 6.45) is 13.0. The van der Waals surface area contributed by atoms with Gasteiger partial charge < -0.3 is 19.5 Å². The molecule has 1 aliphatic heterocycles. The zero-order valence-corrected chi connectivity index (χ0v) is 21.9. The normalized spacial score (nSPS) is 15.8. The van der Waals surface area contributed by atoms with Gasteiger partial charge in [-0.25, -0.2) is 19.1 Å². The second kappa shape index (κ2) is 17.2. The number of aromatic nitrogens is 2. The molecule has 2 N–H and O–H groups in total. The fourth-order valence-electron chi connectivity index (χ4n) is 3.74. The van der Waals surface area contributed by atoms with Crippen molar-refractivity contribution in [3.8, 4) is 0 Å². The molecule has 2 heterocycles. The number of carbonyl (C=O) groups is 1. The molecule has 1 amide bonds. The summed E-state index contributed by atoms with van der Waals surface area (Å²) in [5.74, 6) is 0.347. The van der Waals surface area contributed by atoms with Gasteiger partial charge in [-0.15, -0.1) is 0 Å². The minimum Gasteiger partial charge on any atom is -0.760 e. The summed E-state index contributed by atoms with van der Waals surface area (Å²) in [6.45, 7) is 6.37. The first-order valence-corrected chi connectivity index (χ1v) is 13.4. The van der Waals surface area contributed by atoms with Crippen molar-refractivity contribution in [2.45, 2.75) is 44.9 Å². The van der Waals surface area contributed by atoms with Crippen LogP contribution in [-0.2, 0) is 20.8 Å². The summed E-state index contributed by atoms with van der Waals surface area (Å²) in [4.78, 5) is 22.7. The minimum atomic E-state index is -2.28. The van der Waals surface area contributed by atoms with Gasteiger partial charge in [0.1, 0.15) is 5.83 Å². The average Bonchev–Trinajstić information content (AvgIpc) is 2.85. The van der Waals surface area contributed by atoms with E-state index in [1.54, 1.807) is 18.5 Å². The number of piperidine rings is 1. The molecule has 2 rings (SSSR count). The average molecular weight is 543 g/mol. The summed E-state index contributed by atoms with van der Waals surface area (Å²) in [5, 5.41) is 3.21. The van der Waals surface area contributed by atoms with E-state index in [1.165, 1.54) is 12.3 Å². The van der Waals surface area contributed by atoms with Crippen LogP contribution in [0.25, 0.3) is 0 Å². The van der Waals surface area contributed by atoms with Crippen LogP contribution in [0.3, 0.4) is 0 Å². The number of allylic oxidation sites excluding steroid dienone is 3. The lowest BCUT2D eigenvalue weighted by Gasteiger charge is -2.31. The highest BCUT2D eigenvalue weighted by Gasteiger charge is 2.20. The number of hydrogen-bond donors (Lipinski definition) is 2. The van der Waals surface area contributed by atoms with Crippen LogP contribution in [0.1, 0.15) is 44.9 Å². The molecule has 0 aromatic carbocycles. The largest absolute Gasteiger partial charge is 0.760 e. The van der Waals surface area contributed by atoms with Crippen molar-refractivity contribution in [2.75, 3.05) is 37.7 Å². The number of carbonyl (C=O) groups excluding carboxylic acids is 1. The van der Waals surface area contributed by atoms with Crippen LogP contribution in [-0.4, -0.2) is 57.4 Å². The van der Waals surface area contributed by atoms with Gasteiger partial charge in [0.25, 0.3) is 0 Å². The fourth-order valence-corrected chi connectivity index (χ4v) is 4.15. The Kier molecular flexibility index (Phi) is 14.3. The van der Waals surface area contributed by atoms with Crippen molar-refractivity contribution < 1.29 is 22.7 Å². The molecule has 0 bridgehead atoms. The predicted octanol–water partition coefficient (Wildman–Crippen LogP) is 3.74. The lowest BCUT2D eigenvalue weighted by molar-refractivity contribution is -0.120. The predicted molar refractivity (Wildman–Crippen MR) is 138 cm³/mol. The first kappa shape index (κ1) is 29.9. The monoisotopic (exact) mass is 542 g/mol. The van der Waals surface area contributed by atoms with Crippen LogP contribution in [0.4, 0.5) is 10.3 Å². The molecule has 1 unspecified atom stereocenters. The molecule has 1 aromatic heterocycles. The molecule has 200 valence electrons. The van der Waals surface area contributed by atoms with Crippen LogP contribution in [0, 0.1) is 5.92 Å². The van der Waals surface area contributed by atoms with E-state index in [4.69, 9.17) is 16.3 Å². The summed E-state index contributed by atoms with van der Waals surface area (Å²) in [6, 6.07) is 0. The number of amides is 1. The van der Waals surface area contributed by atoms with Gasteiger partial charge in [0.05, 0.1) is 36.7 Å². The maximum atomic E-state index is 13.7. The van der Waals surface area contributed by atoms with Crippen LogP contribution < -0.4 is 14.9 Å². The Balaban J connectivity index is 1.58. The molecule has 9 nitrogen and oxygen atoms in total. The highest BCUT2D eigenvalue weighted by Crippen LogP contribution is 2.24. The van der Waals surface area contributed by atoms with Gasteiger partial charge in [-0.05, 0) is 56.1 Å². The van der Waals surface area contributed by atoms with E-state index in [-0.39, 0.29) is 17.9 Å². The molecule has 1 atom stereocenters. The van der Waals surface area contributed by atoms with Crippen molar-refractivity contribution in [1.29, 1.82) is 0 Å². The molecule has 0 spiro atoms. The van der Waals surface area contributed by atoms with Gasteiger partial charge in [-0.2, -0.15) is 0 Å². The van der Waals surface area contributed by atoms with Crippen molar-refractivity contribution in [3.63, 3.8) is 0 Å². The Morgan fingerprint density at radius 2 is 1.97 bits per heavy atom. The third-order valence-electron chi connectivity index (χ3n) is 5.70. The van der Waals surface area contributed by atoms with E-state index in [0.717, 1.165) is 44.7 Å². The maximum absolute atomic E-state index is 13.7. The summed E-state index contributed by atoms with van der Waals surface area (Å²) < 4.78 is 42.2. The van der Waals surface area contributed by atoms with Crippen molar-refractivity contribution in [2.24, 2.45) is 5.92 Å². The third-order valence-corrected chi connectivity index (χ3v) is 6.33. The molecule has 36 heavy (non-hydrogen) atoms. The number of nitrogens with zero attached hydrogens (tertiary/aromatic N) is 3. The molecular formula is C24H34ClFN5O4S-. The number of unbranched alkanes of at least 4 members (excludes halogenated alkanes) is 1. The molecule has 0 aliphatic carbocycles. The van der Waals surface area contributed by atoms with Crippen molar-refractivity contribution >= 4 is 34.7 Å². The van der Waals surface area contributed by atoms with E-state index in [2.05, 4.69) is 31.5 Å². The lowest BCUT2D eigenvalue weighted by atomic mass is 9.92. The molecule has 1 aliphatic rings. The smallest absolute Gasteiger partial charge is 0.225 e. The maximum Gasteiger partial charge on any atom is 0.225 e.